The van der Waals surface area contributed by atoms with Gasteiger partial charge >= 0.3 is 5.97 Å². The first-order valence-electron chi connectivity index (χ1n) is 6.78. The molecule has 0 atom stereocenters. The number of nitrogens with zero attached hydrogens (tertiary/aromatic N) is 1. The summed E-state index contributed by atoms with van der Waals surface area (Å²) in [7, 11) is 0. The van der Waals surface area contributed by atoms with Crippen molar-refractivity contribution in [2.45, 2.75) is 13.5 Å². The fourth-order valence-electron chi connectivity index (χ4n) is 2.16. The third-order valence-electron chi connectivity index (χ3n) is 3.28. The lowest BCUT2D eigenvalue weighted by Gasteiger charge is -2.21. The molecule has 0 bridgehead atoms. The number of hydrogen-bond donors (Lipinski definition) is 1. The van der Waals surface area contributed by atoms with Crippen LogP contribution in [-0.4, -0.2) is 28.4 Å². The van der Waals surface area contributed by atoms with Crippen LogP contribution in [0.15, 0.2) is 48.5 Å². The number of hydrogen-bond acceptors (Lipinski definition) is 2. The Morgan fingerprint density at radius 3 is 2.32 bits per heavy atom. The summed E-state index contributed by atoms with van der Waals surface area (Å²) in [5.74, 6) is -1.83. The summed E-state index contributed by atoms with van der Waals surface area (Å²) < 4.78 is 12.9. The van der Waals surface area contributed by atoms with E-state index in [1.54, 1.807) is 25.1 Å². The summed E-state index contributed by atoms with van der Waals surface area (Å²) in [5, 5.41) is 9.02. The third-order valence-corrected chi connectivity index (χ3v) is 3.28. The van der Waals surface area contributed by atoms with E-state index in [0.29, 0.717) is 11.1 Å². The number of carbonyl (C=O) groups is 2. The van der Waals surface area contributed by atoms with Gasteiger partial charge in [-0.2, -0.15) is 0 Å². The molecular formula is C17H16FNO3. The van der Waals surface area contributed by atoms with Crippen molar-refractivity contribution in [3.63, 3.8) is 0 Å². The molecule has 1 N–H and O–H groups in total. The minimum absolute atomic E-state index is 0.111. The molecule has 5 heteroatoms. The molecular weight excluding hydrogens is 285 g/mol. The van der Waals surface area contributed by atoms with Gasteiger partial charge in [-0.3, -0.25) is 9.59 Å². The van der Waals surface area contributed by atoms with E-state index in [-0.39, 0.29) is 18.3 Å². The highest BCUT2D eigenvalue weighted by Gasteiger charge is 2.20. The van der Waals surface area contributed by atoms with Crippen molar-refractivity contribution >= 4 is 11.9 Å². The zero-order valence-electron chi connectivity index (χ0n) is 12.1. The lowest BCUT2D eigenvalue weighted by atomic mass is 10.1. The normalized spacial score (nSPS) is 10.3. The molecule has 0 unspecified atom stereocenters. The SMILES string of the molecule is Cc1ccccc1C(=O)N(CC(=O)O)Cc1ccc(F)cc1. The van der Waals surface area contributed by atoms with E-state index in [0.717, 1.165) is 5.56 Å². The molecule has 0 heterocycles. The predicted molar refractivity (Wildman–Crippen MR) is 80.0 cm³/mol. The number of aryl methyl sites for hydroxylation is 1. The van der Waals surface area contributed by atoms with Gasteiger partial charge in [0.05, 0.1) is 0 Å². The molecule has 0 saturated heterocycles. The number of amides is 1. The Kier molecular flexibility index (Phi) is 4.88. The smallest absolute Gasteiger partial charge is 0.323 e. The highest BCUT2D eigenvalue weighted by molar-refractivity contribution is 5.97. The van der Waals surface area contributed by atoms with E-state index in [1.165, 1.54) is 29.2 Å². The number of aliphatic carboxylic acids is 1. The van der Waals surface area contributed by atoms with Gasteiger partial charge in [0.15, 0.2) is 0 Å². The van der Waals surface area contributed by atoms with Crippen LogP contribution in [0, 0.1) is 12.7 Å². The van der Waals surface area contributed by atoms with Gasteiger partial charge < -0.3 is 10.0 Å². The second-order valence-corrected chi connectivity index (χ2v) is 5.00. The van der Waals surface area contributed by atoms with E-state index in [2.05, 4.69) is 0 Å². The topological polar surface area (TPSA) is 57.6 Å². The maximum absolute atomic E-state index is 12.9. The maximum Gasteiger partial charge on any atom is 0.323 e. The first-order chi connectivity index (χ1) is 10.5. The molecule has 4 nitrogen and oxygen atoms in total. The van der Waals surface area contributed by atoms with Gasteiger partial charge in [0.2, 0.25) is 0 Å². The van der Waals surface area contributed by atoms with Crippen molar-refractivity contribution in [3.05, 3.63) is 71.0 Å². The molecule has 1 amide bonds. The fourth-order valence-corrected chi connectivity index (χ4v) is 2.16. The first-order valence-corrected chi connectivity index (χ1v) is 6.78. The number of rotatable bonds is 5. The Labute approximate surface area is 127 Å². The summed E-state index contributed by atoms with van der Waals surface area (Å²) in [5.41, 5.74) is 1.91. The van der Waals surface area contributed by atoms with Crippen molar-refractivity contribution in [1.29, 1.82) is 0 Å². The highest BCUT2D eigenvalue weighted by atomic mass is 19.1. The van der Waals surface area contributed by atoms with Crippen molar-refractivity contribution in [2.24, 2.45) is 0 Å². The van der Waals surface area contributed by atoms with Crippen LogP contribution in [0.2, 0.25) is 0 Å². The maximum atomic E-state index is 12.9. The summed E-state index contributed by atoms with van der Waals surface area (Å²) in [6, 6.07) is 12.6. The molecule has 0 aliphatic rings. The molecule has 0 aromatic heterocycles. The molecule has 2 aromatic carbocycles. The quantitative estimate of drug-likeness (QED) is 0.924. The molecule has 2 aromatic rings. The van der Waals surface area contributed by atoms with Crippen molar-refractivity contribution in [2.75, 3.05) is 6.54 Å². The minimum Gasteiger partial charge on any atom is -0.480 e. The lowest BCUT2D eigenvalue weighted by Crippen LogP contribution is -2.35. The number of benzene rings is 2. The Balaban J connectivity index is 2.25. The van der Waals surface area contributed by atoms with E-state index in [1.807, 2.05) is 6.07 Å². The van der Waals surface area contributed by atoms with E-state index in [9.17, 15) is 14.0 Å². The number of carboxylic acids is 1. The second kappa shape index (κ2) is 6.85. The van der Waals surface area contributed by atoms with Crippen molar-refractivity contribution < 1.29 is 19.1 Å². The van der Waals surface area contributed by atoms with Crippen LogP contribution >= 0.6 is 0 Å². The van der Waals surface area contributed by atoms with Crippen molar-refractivity contribution in [1.82, 2.24) is 4.90 Å². The zero-order chi connectivity index (χ0) is 16.1. The predicted octanol–water partition coefficient (Wildman–Crippen LogP) is 2.86. The van der Waals surface area contributed by atoms with Gasteiger partial charge in [-0.25, -0.2) is 4.39 Å². The van der Waals surface area contributed by atoms with Crippen LogP contribution in [0.3, 0.4) is 0 Å². The number of halogens is 1. The monoisotopic (exact) mass is 301 g/mol. The first kappa shape index (κ1) is 15.7. The van der Waals surface area contributed by atoms with Gasteiger partial charge in [0.25, 0.3) is 5.91 Å². The zero-order valence-corrected chi connectivity index (χ0v) is 12.1. The van der Waals surface area contributed by atoms with Gasteiger partial charge in [0, 0.05) is 12.1 Å². The summed E-state index contributed by atoms with van der Waals surface area (Å²) in [6.07, 6.45) is 0. The van der Waals surface area contributed by atoms with Crippen LogP contribution in [0.5, 0.6) is 0 Å². The molecule has 2 rings (SSSR count). The van der Waals surface area contributed by atoms with Gasteiger partial charge in [-0.05, 0) is 36.2 Å². The molecule has 0 aliphatic heterocycles. The summed E-state index contributed by atoms with van der Waals surface area (Å²) in [4.78, 5) is 24.8. The van der Waals surface area contributed by atoms with Gasteiger partial charge in [-0.15, -0.1) is 0 Å². The van der Waals surface area contributed by atoms with Crippen LogP contribution < -0.4 is 0 Å². The van der Waals surface area contributed by atoms with E-state index >= 15 is 0 Å². The Morgan fingerprint density at radius 1 is 1.09 bits per heavy atom. The molecule has 22 heavy (non-hydrogen) atoms. The Morgan fingerprint density at radius 2 is 1.73 bits per heavy atom. The average Bonchev–Trinajstić information content (AvgIpc) is 2.48. The molecule has 0 fully saturated rings. The van der Waals surface area contributed by atoms with E-state index in [4.69, 9.17) is 5.11 Å². The lowest BCUT2D eigenvalue weighted by molar-refractivity contribution is -0.137. The molecule has 114 valence electrons. The van der Waals surface area contributed by atoms with Gasteiger partial charge in [-0.1, -0.05) is 30.3 Å². The standard InChI is InChI=1S/C17H16FNO3/c1-12-4-2-3-5-15(12)17(22)19(11-16(20)21)10-13-6-8-14(18)9-7-13/h2-9H,10-11H2,1H3,(H,20,21). The summed E-state index contributed by atoms with van der Waals surface area (Å²) in [6.45, 7) is 1.49. The van der Waals surface area contributed by atoms with Crippen LogP contribution in [0.1, 0.15) is 21.5 Å². The molecule has 0 spiro atoms. The third kappa shape index (κ3) is 3.91. The van der Waals surface area contributed by atoms with E-state index < -0.39 is 12.5 Å². The Hall–Kier alpha value is -2.69. The molecule has 0 saturated carbocycles. The molecule has 0 aliphatic carbocycles. The molecule has 0 radical (unpaired) electrons. The highest BCUT2D eigenvalue weighted by Crippen LogP contribution is 2.14. The minimum atomic E-state index is -1.09. The largest absolute Gasteiger partial charge is 0.480 e. The number of carbonyl (C=O) groups excluding carboxylic acids is 1. The van der Waals surface area contributed by atoms with Crippen LogP contribution in [0.25, 0.3) is 0 Å². The summed E-state index contributed by atoms with van der Waals surface area (Å²) >= 11 is 0. The van der Waals surface area contributed by atoms with Crippen molar-refractivity contribution in [3.8, 4) is 0 Å². The average molecular weight is 301 g/mol. The Bertz CT molecular complexity index is 683. The van der Waals surface area contributed by atoms with Gasteiger partial charge in [0.1, 0.15) is 12.4 Å². The number of carboxylic acid groups (broad SMARTS) is 1. The second-order valence-electron chi connectivity index (χ2n) is 5.00. The van der Waals surface area contributed by atoms with Crippen LogP contribution in [-0.2, 0) is 11.3 Å². The van der Waals surface area contributed by atoms with Crippen LogP contribution in [0.4, 0.5) is 4.39 Å². The fraction of sp³-hybridized carbons (Fsp3) is 0.176.